The lowest BCUT2D eigenvalue weighted by atomic mass is 10.0. The molecule has 1 amide bonds. The van der Waals surface area contributed by atoms with Crippen molar-refractivity contribution in [3.05, 3.63) is 53.1 Å². The summed E-state index contributed by atoms with van der Waals surface area (Å²) in [7, 11) is 1.60. The van der Waals surface area contributed by atoms with Gasteiger partial charge in [-0.1, -0.05) is 30.7 Å². The smallest absolute Gasteiger partial charge is 0.265 e. The second-order valence-corrected chi connectivity index (χ2v) is 5.96. The molecule has 0 radical (unpaired) electrons. The summed E-state index contributed by atoms with van der Waals surface area (Å²) in [5.41, 5.74) is 4.15. The highest BCUT2D eigenvalue weighted by Gasteiger charge is 2.20. The first-order valence-corrected chi connectivity index (χ1v) is 8.14. The van der Waals surface area contributed by atoms with E-state index in [1.165, 1.54) is 5.56 Å². The third-order valence-electron chi connectivity index (χ3n) is 3.91. The lowest BCUT2D eigenvalue weighted by Crippen LogP contribution is -2.32. The Balaban J connectivity index is 2.14. The Morgan fingerprint density at radius 1 is 1.08 bits per heavy atom. The molecule has 0 aliphatic rings. The minimum Gasteiger partial charge on any atom is -0.497 e. The predicted molar refractivity (Wildman–Crippen MR) is 97.0 cm³/mol. The number of carbonyl (C=O) groups is 1. The lowest BCUT2D eigenvalue weighted by molar-refractivity contribution is -0.122. The van der Waals surface area contributed by atoms with Gasteiger partial charge in [0, 0.05) is 11.8 Å². The van der Waals surface area contributed by atoms with Crippen LogP contribution in [-0.2, 0) is 4.79 Å². The molecule has 4 heteroatoms. The van der Waals surface area contributed by atoms with E-state index in [1.54, 1.807) is 13.2 Å². The van der Waals surface area contributed by atoms with Crippen LogP contribution in [0, 0.1) is 20.8 Å². The molecule has 1 atom stereocenters. The fraction of sp³-hybridized carbons (Fsp3) is 0.350. The van der Waals surface area contributed by atoms with Gasteiger partial charge in [-0.3, -0.25) is 4.79 Å². The summed E-state index contributed by atoms with van der Waals surface area (Å²) < 4.78 is 11.0. The maximum Gasteiger partial charge on any atom is 0.265 e. The summed E-state index contributed by atoms with van der Waals surface area (Å²) in [6.45, 7) is 7.98. The molecule has 2 aromatic carbocycles. The first kappa shape index (κ1) is 17.9. The highest BCUT2D eigenvalue weighted by molar-refractivity contribution is 5.95. The van der Waals surface area contributed by atoms with Crippen LogP contribution >= 0.6 is 0 Å². The number of hydrogen-bond donors (Lipinski definition) is 1. The van der Waals surface area contributed by atoms with Crippen LogP contribution < -0.4 is 14.8 Å². The van der Waals surface area contributed by atoms with Gasteiger partial charge in [-0.25, -0.2) is 0 Å². The van der Waals surface area contributed by atoms with E-state index in [4.69, 9.17) is 9.47 Å². The zero-order valence-electron chi connectivity index (χ0n) is 15.0. The quantitative estimate of drug-likeness (QED) is 0.854. The molecule has 0 fully saturated rings. The molecule has 0 saturated carbocycles. The van der Waals surface area contributed by atoms with Crippen LogP contribution in [0.4, 0.5) is 5.69 Å². The summed E-state index contributed by atoms with van der Waals surface area (Å²) in [6.07, 6.45) is 0.0182. The van der Waals surface area contributed by atoms with Crippen molar-refractivity contribution in [3.63, 3.8) is 0 Å². The number of rotatable bonds is 6. The van der Waals surface area contributed by atoms with Gasteiger partial charge in [-0.05, 0) is 50.5 Å². The standard InChI is InChI=1S/C20H25NO3/c1-6-18(24-17-9-7-8-16(12-17)23-5)20(22)21-19-14(3)10-13(2)11-15(19)4/h7-12,18H,6H2,1-5H3,(H,21,22). The molecule has 0 spiro atoms. The van der Waals surface area contributed by atoms with Gasteiger partial charge in [0.1, 0.15) is 11.5 Å². The van der Waals surface area contributed by atoms with Crippen LogP contribution in [0.1, 0.15) is 30.0 Å². The zero-order valence-corrected chi connectivity index (χ0v) is 15.0. The summed E-state index contributed by atoms with van der Waals surface area (Å²) >= 11 is 0. The molecule has 0 bridgehead atoms. The van der Waals surface area contributed by atoms with Crippen LogP contribution in [0.15, 0.2) is 36.4 Å². The second kappa shape index (κ2) is 7.86. The Morgan fingerprint density at radius 2 is 1.71 bits per heavy atom. The summed E-state index contributed by atoms with van der Waals surface area (Å²) in [4.78, 5) is 12.6. The molecule has 0 saturated heterocycles. The third-order valence-corrected chi connectivity index (χ3v) is 3.91. The van der Waals surface area contributed by atoms with Gasteiger partial charge < -0.3 is 14.8 Å². The minimum absolute atomic E-state index is 0.143. The summed E-state index contributed by atoms with van der Waals surface area (Å²) in [5, 5.41) is 3.01. The van der Waals surface area contributed by atoms with Gasteiger partial charge in [0.25, 0.3) is 5.91 Å². The van der Waals surface area contributed by atoms with Gasteiger partial charge >= 0.3 is 0 Å². The van der Waals surface area contributed by atoms with Crippen LogP contribution in [0.2, 0.25) is 0 Å². The topological polar surface area (TPSA) is 47.6 Å². The number of methoxy groups -OCH3 is 1. The SMILES string of the molecule is CCC(Oc1cccc(OC)c1)C(=O)Nc1c(C)cc(C)cc1C. The van der Waals surface area contributed by atoms with Crippen LogP contribution in [0.5, 0.6) is 11.5 Å². The number of amides is 1. The molecule has 0 aliphatic heterocycles. The van der Waals surface area contributed by atoms with Crippen molar-refractivity contribution in [3.8, 4) is 11.5 Å². The van der Waals surface area contributed by atoms with Gasteiger partial charge in [-0.2, -0.15) is 0 Å². The number of carbonyl (C=O) groups excluding carboxylic acids is 1. The molecule has 1 unspecified atom stereocenters. The van der Waals surface area contributed by atoms with Crippen molar-refractivity contribution in [1.82, 2.24) is 0 Å². The van der Waals surface area contributed by atoms with E-state index in [0.717, 1.165) is 16.8 Å². The fourth-order valence-electron chi connectivity index (χ4n) is 2.74. The van der Waals surface area contributed by atoms with Gasteiger partial charge in [0.05, 0.1) is 7.11 Å². The van der Waals surface area contributed by atoms with E-state index in [0.29, 0.717) is 17.9 Å². The average molecular weight is 327 g/mol. The fourth-order valence-corrected chi connectivity index (χ4v) is 2.74. The molecule has 0 aliphatic carbocycles. The maximum absolute atomic E-state index is 12.6. The number of ether oxygens (including phenoxy) is 2. The van der Waals surface area contributed by atoms with Crippen molar-refractivity contribution < 1.29 is 14.3 Å². The number of aryl methyl sites for hydroxylation is 3. The van der Waals surface area contributed by atoms with Crippen molar-refractivity contribution in [1.29, 1.82) is 0 Å². The van der Waals surface area contributed by atoms with Gasteiger partial charge in [0.15, 0.2) is 6.10 Å². The Labute approximate surface area is 143 Å². The van der Waals surface area contributed by atoms with Gasteiger partial charge in [-0.15, -0.1) is 0 Å². The number of hydrogen-bond acceptors (Lipinski definition) is 3. The van der Waals surface area contributed by atoms with E-state index in [-0.39, 0.29) is 5.91 Å². The first-order valence-electron chi connectivity index (χ1n) is 8.14. The number of anilines is 1. The normalized spacial score (nSPS) is 11.7. The van der Waals surface area contributed by atoms with E-state index in [1.807, 2.05) is 45.9 Å². The highest BCUT2D eigenvalue weighted by Crippen LogP contribution is 2.24. The van der Waals surface area contributed by atoms with Crippen molar-refractivity contribution in [2.45, 2.75) is 40.2 Å². The molecule has 0 heterocycles. The lowest BCUT2D eigenvalue weighted by Gasteiger charge is -2.19. The van der Waals surface area contributed by atoms with Crippen molar-refractivity contribution >= 4 is 11.6 Å². The summed E-state index contributed by atoms with van der Waals surface area (Å²) in [5.74, 6) is 1.18. The van der Waals surface area contributed by atoms with E-state index >= 15 is 0 Å². The molecular formula is C20H25NO3. The Morgan fingerprint density at radius 3 is 2.29 bits per heavy atom. The first-order chi connectivity index (χ1) is 11.4. The molecule has 0 aromatic heterocycles. The van der Waals surface area contributed by atoms with E-state index < -0.39 is 6.10 Å². The molecule has 1 N–H and O–H groups in total. The predicted octanol–water partition coefficient (Wildman–Crippen LogP) is 4.42. The Hall–Kier alpha value is -2.49. The van der Waals surface area contributed by atoms with Crippen molar-refractivity contribution in [2.75, 3.05) is 12.4 Å². The summed E-state index contributed by atoms with van der Waals surface area (Å²) in [6, 6.07) is 11.4. The second-order valence-electron chi connectivity index (χ2n) is 5.96. The highest BCUT2D eigenvalue weighted by atomic mass is 16.5. The zero-order chi connectivity index (χ0) is 17.7. The molecule has 4 nitrogen and oxygen atoms in total. The van der Waals surface area contributed by atoms with Crippen LogP contribution in [0.3, 0.4) is 0 Å². The van der Waals surface area contributed by atoms with Crippen LogP contribution in [-0.4, -0.2) is 19.1 Å². The largest absolute Gasteiger partial charge is 0.497 e. The van der Waals surface area contributed by atoms with E-state index in [9.17, 15) is 4.79 Å². The van der Waals surface area contributed by atoms with E-state index in [2.05, 4.69) is 17.4 Å². The van der Waals surface area contributed by atoms with Crippen LogP contribution in [0.25, 0.3) is 0 Å². The maximum atomic E-state index is 12.6. The number of benzene rings is 2. The molecular weight excluding hydrogens is 302 g/mol. The molecule has 128 valence electrons. The number of nitrogens with one attached hydrogen (secondary N) is 1. The molecule has 2 aromatic rings. The average Bonchev–Trinajstić information content (AvgIpc) is 2.55. The Kier molecular flexibility index (Phi) is 5.85. The third kappa shape index (κ3) is 4.28. The van der Waals surface area contributed by atoms with Gasteiger partial charge in [0.2, 0.25) is 0 Å². The molecule has 2 rings (SSSR count). The van der Waals surface area contributed by atoms with Crippen molar-refractivity contribution in [2.24, 2.45) is 0 Å². The molecule has 24 heavy (non-hydrogen) atoms. The Bertz CT molecular complexity index is 702. The minimum atomic E-state index is -0.558. The monoisotopic (exact) mass is 327 g/mol.